The van der Waals surface area contributed by atoms with E-state index < -0.39 is 5.92 Å². The number of carbonyl (C=O) groups excluding carboxylic acids is 4. The fraction of sp³-hybridized carbons (Fsp3) is 0.250. The van der Waals surface area contributed by atoms with Crippen LogP contribution >= 0.6 is 23.1 Å². The quantitative estimate of drug-likeness (QED) is 0.277. The number of anilines is 4. The molecular weight excluding hydrogens is 516 g/mol. The van der Waals surface area contributed by atoms with Crippen LogP contribution in [0, 0.1) is 5.92 Å². The molecule has 2 heterocycles. The van der Waals surface area contributed by atoms with Gasteiger partial charge in [-0.15, -0.1) is 10.2 Å². The van der Waals surface area contributed by atoms with E-state index in [0.717, 1.165) is 11.3 Å². The van der Waals surface area contributed by atoms with Crippen molar-refractivity contribution in [2.75, 3.05) is 40.3 Å². The molecule has 192 valence electrons. The van der Waals surface area contributed by atoms with E-state index in [1.165, 1.54) is 18.7 Å². The van der Waals surface area contributed by atoms with Gasteiger partial charge in [0.15, 0.2) is 4.34 Å². The lowest BCUT2D eigenvalue weighted by molar-refractivity contribution is -0.122. The third-order valence-electron chi connectivity index (χ3n) is 5.31. The Labute approximate surface area is 221 Å². The summed E-state index contributed by atoms with van der Waals surface area (Å²) in [4.78, 5) is 50.3. The molecule has 1 aliphatic rings. The van der Waals surface area contributed by atoms with Crippen LogP contribution in [0.2, 0.25) is 0 Å². The molecule has 0 saturated carbocycles. The second-order valence-corrected chi connectivity index (χ2v) is 10.3. The van der Waals surface area contributed by atoms with E-state index in [0.29, 0.717) is 32.3 Å². The van der Waals surface area contributed by atoms with Crippen LogP contribution in [0.15, 0.2) is 52.9 Å². The van der Waals surface area contributed by atoms with Crippen molar-refractivity contribution >= 4 is 68.9 Å². The topological polar surface area (TPSA) is 143 Å². The highest BCUT2D eigenvalue weighted by Crippen LogP contribution is 2.29. The first kappa shape index (κ1) is 26.1. The molecule has 37 heavy (non-hydrogen) atoms. The predicted octanol–water partition coefficient (Wildman–Crippen LogP) is 3.23. The molecule has 0 radical (unpaired) electrons. The number of carbonyl (C=O) groups is 4. The number of rotatable bonds is 9. The Kier molecular flexibility index (Phi) is 8.36. The van der Waals surface area contributed by atoms with Crippen molar-refractivity contribution in [3.8, 4) is 5.75 Å². The van der Waals surface area contributed by atoms with Crippen molar-refractivity contribution in [2.24, 2.45) is 5.92 Å². The summed E-state index contributed by atoms with van der Waals surface area (Å²) in [5.74, 6) is -0.652. The van der Waals surface area contributed by atoms with Gasteiger partial charge in [0.05, 0.1) is 18.8 Å². The van der Waals surface area contributed by atoms with Crippen molar-refractivity contribution in [3.63, 3.8) is 0 Å². The zero-order valence-corrected chi connectivity index (χ0v) is 21.6. The molecule has 13 heteroatoms. The van der Waals surface area contributed by atoms with E-state index in [4.69, 9.17) is 4.74 Å². The lowest BCUT2D eigenvalue weighted by Crippen LogP contribution is -2.28. The van der Waals surface area contributed by atoms with Crippen LogP contribution in [0.1, 0.15) is 13.3 Å². The normalized spacial score (nSPS) is 14.8. The molecule has 4 amide bonds. The molecule has 0 aliphatic carbocycles. The minimum Gasteiger partial charge on any atom is -0.497 e. The molecule has 3 N–H and O–H groups in total. The molecule has 4 rings (SSSR count). The number of thioether (sulfide) groups is 1. The van der Waals surface area contributed by atoms with Gasteiger partial charge >= 0.3 is 0 Å². The fourth-order valence-electron chi connectivity index (χ4n) is 3.62. The van der Waals surface area contributed by atoms with E-state index in [1.807, 2.05) is 0 Å². The van der Waals surface area contributed by atoms with Crippen molar-refractivity contribution in [3.05, 3.63) is 48.5 Å². The van der Waals surface area contributed by atoms with E-state index in [2.05, 4.69) is 26.1 Å². The highest BCUT2D eigenvalue weighted by Gasteiger charge is 2.35. The number of hydrogen-bond donors (Lipinski definition) is 3. The minimum atomic E-state index is -0.520. The van der Waals surface area contributed by atoms with Crippen LogP contribution in [0.3, 0.4) is 0 Å². The summed E-state index contributed by atoms with van der Waals surface area (Å²) in [5, 5.41) is 16.4. The zero-order chi connectivity index (χ0) is 26.4. The van der Waals surface area contributed by atoms with Gasteiger partial charge in [-0.2, -0.15) is 0 Å². The Bertz CT molecular complexity index is 1310. The summed E-state index contributed by atoms with van der Waals surface area (Å²) in [5.41, 5.74) is 1.84. The summed E-state index contributed by atoms with van der Waals surface area (Å²) >= 11 is 2.33. The second kappa shape index (κ2) is 11.8. The summed E-state index contributed by atoms with van der Waals surface area (Å²) in [6.45, 7) is 1.67. The van der Waals surface area contributed by atoms with Crippen molar-refractivity contribution < 1.29 is 23.9 Å². The van der Waals surface area contributed by atoms with Gasteiger partial charge in [0.2, 0.25) is 28.8 Å². The molecule has 1 fully saturated rings. The molecule has 1 unspecified atom stereocenters. The van der Waals surface area contributed by atoms with Crippen LogP contribution < -0.4 is 25.6 Å². The van der Waals surface area contributed by atoms with Crippen LogP contribution in [0.4, 0.5) is 22.2 Å². The average molecular weight is 541 g/mol. The Morgan fingerprint density at radius 2 is 1.81 bits per heavy atom. The van der Waals surface area contributed by atoms with Gasteiger partial charge in [0.1, 0.15) is 5.75 Å². The summed E-state index contributed by atoms with van der Waals surface area (Å²) in [6, 6.07) is 13.9. The number of methoxy groups -OCH3 is 1. The van der Waals surface area contributed by atoms with Gasteiger partial charge < -0.3 is 25.6 Å². The van der Waals surface area contributed by atoms with E-state index in [-0.39, 0.29) is 42.3 Å². The number of nitrogens with one attached hydrogen (secondary N) is 3. The van der Waals surface area contributed by atoms with Crippen molar-refractivity contribution in [1.29, 1.82) is 0 Å². The first-order valence-corrected chi connectivity index (χ1v) is 13.0. The van der Waals surface area contributed by atoms with Gasteiger partial charge in [-0.25, -0.2) is 0 Å². The van der Waals surface area contributed by atoms with Crippen LogP contribution in [-0.2, 0) is 19.2 Å². The smallest absolute Gasteiger partial charge is 0.234 e. The number of aromatic nitrogens is 2. The van der Waals surface area contributed by atoms with Gasteiger partial charge in [-0.3, -0.25) is 19.2 Å². The number of nitrogens with zero attached hydrogens (tertiary/aromatic N) is 3. The third-order valence-corrected chi connectivity index (χ3v) is 7.28. The Balaban J connectivity index is 1.26. The van der Waals surface area contributed by atoms with Gasteiger partial charge in [-0.1, -0.05) is 29.2 Å². The maximum atomic E-state index is 12.7. The van der Waals surface area contributed by atoms with Gasteiger partial charge in [0, 0.05) is 37.0 Å². The first-order valence-electron chi connectivity index (χ1n) is 11.2. The standard InChI is InChI=1S/C24H24N6O5S2/c1-14(31)25-16-4-3-5-17(11-16)26-20(32)13-36-24-29-28-23(37-24)27-22(34)15-10-21(33)30(12-15)18-6-8-19(35-2)9-7-18/h3-9,11,15H,10,12-13H2,1-2H3,(H,25,31)(H,26,32)(H,27,28,34). The maximum Gasteiger partial charge on any atom is 0.234 e. The molecule has 1 aromatic heterocycles. The number of amides is 4. The molecule has 3 aromatic rings. The Hall–Kier alpha value is -3.97. The average Bonchev–Trinajstić information content (AvgIpc) is 3.49. The highest BCUT2D eigenvalue weighted by atomic mass is 32.2. The second-order valence-electron chi connectivity index (χ2n) is 8.06. The molecule has 1 aliphatic heterocycles. The lowest BCUT2D eigenvalue weighted by atomic mass is 10.1. The SMILES string of the molecule is COc1ccc(N2CC(C(=O)Nc3nnc(SCC(=O)Nc4cccc(NC(C)=O)c4)s3)CC2=O)cc1. The maximum absolute atomic E-state index is 12.7. The molecule has 2 aromatic carbocycles. The van der Waals surface area contributed by atoms with Crippen LogP contribution in [-0.4, -0.2) is 53.2 Å². The minimum absolute atomic E-state index is 0.0842. The number of hydrogen-bond acceptors (Lipinski definition) is 9. The summed E-state index contributed by atoms with van der Waals surface area (Å²) in [7, 11) is 1.57. The lowest BCUT2D eigenvalue weighted by Gasteiger charge is -2.16. The zero-order valence-electron chi connectivity index (χ0n) is 20.0. The fourth-order valence-corrected chi connectivity index (χ4v) is 5.18. The van der Waals surface area contributed by atoms with E-state index in [9.17, 15) is 19.2 Å². The van der Waals surface area contributed by atoms with Gasteiger partial charge in [-0.05, 0) is 42.5 Å². The van der Waals surface area contributed by atoms with E-state index in [1.54, 1.807) is 60.5 Å². The summed E-state index contributed by atoms with van der Waals surface area (Å²) in [6.07, 6.45) is 0.0988. The number of ether oxygens (including phenoxy) is 1. The summed E-state index contributed by atoms with van der Waals surface area (Å²) < 4.78 is 5.66. The Morgan fingerprint density at radius 3 is 2.51 bits per heavy atom. The molecule has 1 atom stereocenters. The van der Waals surface area contributed by atoms with Gasteiger partial charge in [0.25, 0.3) is 0 Å². The van der Waals surface area contributed by atoms with E-state index >= 15 is 0 Å². The monoisotopic (exact) mass is 540 g/mol. The van der Waals surface area contributed by atoms with Crippen LogP contribution in [0.25, 0.3) is 0 Å². The highest BCUT2D eigenvalue weighted by molar-refractivity contribution is 8.01. The molecule has 0 bridgehead atoms. The first-order chi connectivity index (χ1) is 17.8. The molecule has 0 spiro atoms. The third kappa shape index (κ3) is 7.05. The number of benzene rings is 2. The molecule has 1 saturated heterocycles. The van der Waals surface area contributed by atoms with Crippen LogP contribution in [0.5, 0.6) is 5.75 Å². The molecule has 11 nitrogen and oxygen atoms in total. The van der Waals surface area contributed by atoms with Crippen molar-refractivity contribution in [1.82, 2.24) is 10.2 Å². The largest absolute Gasteiger partial charge is 0.497 e. The predicted molar refractivity (Wildman–Crippen MR) is 142 cm³/mol. The Morgan fingerprint density at radius 1 is 1.08 bits per heavy atom. The molecular formula is C24H24N6O5S2. The van der Waals surface area contributed by atoms with Crippen molar-refractivity contribution in [2.45, 2.75) is 17.7 Å².